The first-order valence-corrected chi connectivity index (χ1v) is 3.06. The molecule has 0 spiro atoms. The fraction of sp³-hybridized carbons (Fsp3) is 0.667. The van der Waals surface area contributed by atoms with E-state index in [0.29, 0.717) is 0 Å². The van der Waals surface area contributed by atoms with Gasteiger partial charge in [-0.15, -0.1) is 0 Å². The van der Waals surface area contributed by atoms with Crippen molar-refractivity contribution in [3.8, 4) is 10.7 Å². The van der Waals surface area contributed by atoms with Crippen LogP contribution < -0.4 is 0 Å². The Hall–Kier alpha value is 0.0795. The topological polar surface area (TPSA) is 0 Å². The second kappa shape index (κ2) is 2.40. The molecule has 40 valence electrons. The molecule has 0 saturated carbocycles. The molecule has 0 aromatic rings. The molecule has 0 fully saturated rings. The van der Waals surface area contributed by atoms with Crippen molar-refractivity contribution in [2.24, 2.45) is 5.41 Å². The van der Waals surface area contributed by atoms with Crippen LogP contribution in [0.1, 0.15) is 20.8 Å². The van der Waals surface area contributed by atoms with Crippen LogP contribution in [-0.2, 0) is 0 Å². The predicted octanol–water partition coefficient (Wildman–Crippen LogP) is 1.16. The number of rotatable bonds is 0. The Balaban J connectivity index is 3.72. The Morgan fingerprint density at radius 2 is 1.71 bits per heavy atom. The first-order valence-electron chi connectivity index (χ1n) is 2.20. The van der Waals surface area contributed by atoms with Gasteiger partial charge >= 0.3 is 52.9 Å². The standard InChI is InChI=1S/C6H10Se/c1-6(2,3)4-5-7/h7H,1-3H3/p-1. The fourth-order valence-electron chi connectivity index (χ4n) is 0.153. The molecule has 0 heterocycles. The molecule has 1 heteroatoms. The average Bonchev–Trinajstić information content (AvgIpc) is 1.30. The van der Waals surface area contributed by atoms with Gasteiger partial charge in [-0.25, -0.2) is 0 Å². The molecule has 0 aliphatic rings. The molecule has 0 aromatic heterocycles. The Morgan fingerprint density at radius 1 is 1.29 bits per heavy atom. The molecule has 7 heavy (non-hydrogen) atoms. The van der Waals surface area contributed by atoms with Gasteiger partial charge in [0.1, 0.15) is 0 Å². The van der Waals surface area contributed by atoms with Crippen molar-refractivity contribution in [2.45, 2.75) is 20.8 Å². The van der Waals surface area contributed by atoms with Crippen LogP contribution >= 0.6 is 0 Å². The number of hydrogen-bond acceptors (Lipinski definition) is 0. The molecule has 0 atom stereocenters. The summed E-state index contributed by atoms with van der Waals surface area (Å²) in [6.07, 6.45) is 0. The van der Waals surface area contributed by atoms with Crippen molar-refractivity contribution in [3.05, 3.63) is 0 Å². The van der Waals surface area contributed by atoms with Crippen molar-refractivity contribution in [1.82, 2.24) is 0 Å². The van der Waals surface area contributed by atoms with Crippen LogP contribution in [0, 0.1) is 16.2 Å². The van der Waals surface area contributed by atoms with Gasteiger partial charge in [0.25, 0.3) is 0 Å². The Bertz CT molecular complexity index is 97.6. The molecule has 0 saturated heterocycles. The molecule has 0 unspecified atom stereocenters. The third-order valence-electron chi connectivity index (χ3n) is 0.426. The van der Waals surface area contributed by atoms with E-state index in [0.717, 1.165) is 0 Å². The summed E-state index contributed by atoms with van der Waals surface area (Å²) in [6, 6.07) is 0. The summed E-state index contributed by atoms with van der Waals surface area (Å²) in [6.45, 7) is 6.24. The van der Waals surface area contributed by atoms with Crippen LogP contribution in [0.15, 0.2) is 0 Å². The third kappa shape index (κ3) is 6.08. The van der Waals surface area contributed by atoms with Gasteiger partial charge in [0.2, 0.25) is 0 Å². The van der Waals surface area contributed by atoms with Gasteiger partial charge in [0.15, 0.2) is 0 Å². The summed E-state index contributed by atoms with van der Waals surface area (Å²) in [5, 5.41) is 0. The van der Waals surface area contributed by atoms with Crippen LogP contribution in [0.25, 0.3) is 0 Å². The van der Waals surface area contributed by atoms with Gasteiger partial charge in [-0.2, -0.15) is 0 Å². The van der Waals surface area contributed by atoms with Crippen LogP contribution in [0.3, 0.4) is 0 Å². The first kappa shape index (κ1) is 7.08. The molecule has 0 aliphatic heterocycles. The summed E-state index contributed by atoms with van der Waals surface area (Å²) in [5.41, 5.74) is 0.158. The number of hydrogen-bond donors (Lipinski definition) is 0. The van der Waals surface area contributed by atoms with Crippen molar-refractivity contribution < 1.29 is 0 Å². The van der Waals surface area contributed by atoms with Crippen LogP contribution in [0.5, 0.6) is 0 Å². The maximum absolute atomic E-state index is 2.98. The van der Waals surface area contributed by atoms with E-state index >= 15 is 0 Å². The van der Waals surface area contributed by atoms with E-state index in [-0.39, 0.29) is 5.41 Å². The summed E-state index contributed by atoms with van der Waals surface area (Å²) in [7, 11) is 0. The molecule has 0 aromatic carbocycles. The summed E-state index contributed by atoms with van der Waals surface area (Å²) < 4.78 is 0. The van der Waals surface area contributed by atoms with E-state index in [1.54, 1.807) is 0 Å². The van der Waals surface area contributed by atoms with Crippen molar-refractivity contribution >= 4 is 16.0 Å². The zero-order valence-corrected chi connectivity index (χ0v) is 6.62. The van der Waals surface area contributed by atoms with E-state index in [1.807, 2.05) is 0 Å². The Labute approximate surface area is 53.5 Å². The van der Waals surface area contributed by atoms with E-state index in [4.69, 9.17) is 0 Å². The molecular formula is C6H9Se-. The Kier molecular flexibility index (Phi) is 2.43. The third-order valence-corrected chi connectivity index (χ3v) is 0.640. The summed E-state index contributed by atoms with van der Waals surface area (Å²) >= 11 is 2.64. The molecule has 0 nitrogen and oxygen atoms in total. The maximum atomic E-state index is 2.98. The predicted molar refractivity (Wildman–Crippen MR) is 33.0 cm³/mol. The van der Waals surface area contributed by atoms with Gasteiger partial charge in [0, 0.05) is 0 Å². The first-order chi connectivity index (χ1) is 3.06. The second-order valence-corrected chi connectivity index (χ2v) is 2.91. The fourth-order valence-corrected chi connectivity index (χ4v) is 0.795. The van der Waals surface area contributed by atoms with Gasteiger partial charge in [0.05, 0.1) is 0 Å². The molecule has 0 rings (SSSR count). The summed E-state index contributed by atoms with van der Waals surface area (Å²) in [4.78, 5) is 2.73. The minimum atomic E-state index is 0.158. The van der Waals surface area contributed by atoms with Crippen molar-refractivity contribution in [2.75, 3.05) is 0 Å². The summed E-state index contributed by atoms with van der Waals surface area (Å²) in [5.74, 6) is 2.98. The second-order valence-electron chi connectivity index (χ2n) is 2.48. The van der Waals surface area contributed by atoms with Crippen LogP contribution in [-0.4, -0.2) is 16.0 Å². The van der Waals surface area contributed by atoms with Crippen LogP contribution in [0.2, 0.25) is 0 Å². The van der Waals surface area contributed by atoms with E-state index in [2.05, 4.69) is 47.5 Å². The van der Waals surface area contributed by atoms with Gasteiger partial charge in [-0.1, -0.05) is 0 Å². The van der Waals surface area contributed by atoms with E-state index < -0.39 is 0 Å². The zero-order chi connectivity index (χ0) is 5.91. The van der Waals surface area contributed by atoms with Crippen molar-refractivity contribution in [3.63, 3.8) is 0 Å². The minimum absolute atomic E-state index is 0.158. The van der Waals surface area contributed by atoms with Gasteiger partial charge in [-0.05, 0) is 0 Å². The van der Waals surface area contributed by atoms with Crippen LogP contribution in [0.4, 0.5) is 0 Å². The van der Waals surface area contributed by atoms with Gasteiger partial charge < -0.3 is 0 Å². The van der Waals surface area contributed by atoms with E-state index in [1.165, 1.54) is 0 Å². The normalized spacial score (nSPS) is 9.57. The molecule has 0 bridgehead atoms. The van der Waals surface area contributed by atoms with E-state index in [9.17, 15) is 0 Å². The van der Waals surface area contributed by atoms with Gasteiger partial charge in [-0.3, -0.25) is 0 Å². The molecule has 0 aliphatic carbocycles. The SMILES string of the molecule is CC(C)(C)C#C[Se-]. The van der Waals surface area contributed by atoms with Crippen molar-refractivity contribution in [1.29, 1.82) is 0 Å². The zero-order valence-electron chi connectivity index (χ0n) is 4.91. The monoisotopic (exact) mass is 161 g/mol. The average molecular weight is 160 g/mol. The Morgan fingerprint density at radius 3 is 1.71 bits per heavy atom. The molecule has 0 amide bonds. The molecule has 0 radical (unpaired) electrons. The quantitative estimate of drug-likeness (QED) is 0.368. The molecule has 0 N–H and O–H groups in total. The molecular weight excluding hydrogens is 151 g/mol.